The molecule has 0 aliphatic heterocycles. The quantitative estimate of drug-likeness (QED) is 0.639. The smallest absolute Gasteiger partial charge is 0.348 e. The lowest BCUT2D eigenvalue weighted by atomic mass is 10.2. The van der Waals surface area contributed by atoms with Crippen molar-refractivity contribution in [3.8, 4) is 0 Å². The molecule has 2 N–H and O–H groups in total. The lowest BCUT2D eigenvalue weighted by molar-refractivity contribution is -0.118. The summed E-state index contributed by atoms with van der Waals surface area (Å²) in [6, 6.07) is 0. The van der Waals surface area contributed by atoms with Crippen molar-refractivity contribution < 1.29 is 14.3 Å². The molecule has 1 amide bonds. The predicted octanol–water partition coefficient (Wildman–Crippen LogP) is 1.33. The van der Waals surface area contributed by atoms with Crippen molar-refractivity contribution in [2.45, 2.75) is 13.8 Å². The van der Waals surface area contributed by atoms with Gasteiger partial charge in [0.1, 0.15) is 21.9 Å². The molecule has 0 saturated carbocycles. The Morgan fingerprint density at radius 3 is 2.76 bits per heavy atom. The molecule has 0 saturated heterocycles. The molecule has 2 heterocycles. The van der Waals surface area contributed by atoms with Crippen LogP contribution in [0.4, 0.5) is 5.82 Å². The van der Waals surface area contributed by atoms with Crippen molar-refractivity contribution in [2.75, 3.05) is 25.5 Å². The van der Waals surface area contributed by atoms with Crippen LogP contribution in [-0.4, -0.2) is 42.0 Å². The fourth-order valence-electron chi connectivity index (χ4n) is 1.91. The minimum Gasteiger partial charge on any atom is -0.465 e. The van der Waals surface area contributed by atoms with Crippen molar-refractivity contribution in [1.82, 2.24) is 15.3 Å². The summed E-state index contributed by atoms with van der Waals surface area (Å²) < 4.78 is 4.77. The average molecular weight is 308 g/mol. The van der Waals surface area contributed by atoms with Gasteiger partial charge < -0.3 is 15.4 Å². The number of nitrogens with zero attached hydrogens (tertiary/aromatic N) is 2. The van der Waals surface area contributed by atoms with Crippen LogP contribution in [0.15, 0.2) is 6.33 Å². The number of rotatable bonds is 5. The molecule has 0 fully saturated rings. The highest BCUT2D eigenvalue weighted by Crippen LogP contribution is 2.33. The summed E-state index contributed by atoms with van der Waals surface area (Å²) in [5, 5.41) is 6.65. The van der Waals surface area contributed by atoms with Crippen molar-refractivity contribution in [2.24, 2.45) is 0 Å². The topological polar surface area (TPSA) is 93.2 Å². The highest BCUT2D eigenvalue weighted by molar-refractivity contribution is 7.20. The molecule has 8 heteroatoms. The van der Waals surface area contributed by atoms with Crippen LogP contribution in [0.25, 0.3) is 10.2 Å². The minimum atomic E-state index is -0.375. The summed E-state index contributed by atoms with van der Waals surface area (Å²) in [6.07, 6.45) is 1.44. The first-order chi connectivity index (χ1) is 10.0. The number of hydrogen-bond acceptors (Lipinski definition) is 7. The molecule has 2 aromatic heterocycles. The number of carbonyl (C=O) groups is 2. The summed E-state index contributed by atoms with van der Waals surface area (Å²) in [5.74, 6) is 0.193. The van der Waals surface area contributed by atoms with Crippen molar-refractivity contribution in [3.63, 3.8) is 0 Å². The van der Waals surface area contributed by atoms with Crippen LogP contribution in [0, 0.1) is 6.92 Å². The van der Waals surface area contributed by atoms with E-state index in [4.69, 9.17) is 4.74 Å². The Morgan fingerprint density at radius 2 is 2.10 bits per heavy atom. The number of amides is 1. The Kier molecular flexibility index (Phi) is 4.69. The number of fused-ring (bicyclic) bond motifs is 1. The molecule has 2 aromatic rings. The van der Waals surface area contributed by atoms with Gasteiger partial charge in [-0.05, 0) is 12.5 Å². The minimum absolute atomic E-state index is 0.0793. The van der Waals surface area contributed by atoms with Crippen LogP contribution >= 0.6 is 11.3 Å². The average Bonchev–Trinajstić information content (AvgIpc) is 2.80. The van der Waals surface area contributed by atoms with E-state index in [9.17, 15) is 9.59 Å². The van der Waals surface area contributed by atoms with E-state index in [1.54, 1.807) is 0 Å². The van der Waals surface area contributed by atoms with E-state index < -0.39 is 0 Å². The third-order valence-corrected chi connectivity index (χ3v) is 4.07. The van der Waals surface area contributed by atoms with Gasteiger partial charge in [0.15, 0.2) is 0 Å². The first-order valence-corrected chi connectivity index (χ1v) is 7.17. The van der Waals surface area contributed by atoms with Crippen molar-refractivity contribution in [1.29, 1.82) is 0 Å². The first-order valence-electron chi connectivity index (χ1n) is 6.35. The zero-order valence-corrected chi connectivity index (χ0v) is 12.8. The third kappa shape index (κ3) is 3.27. The Hall–Kier alpha value is -2.22. The van der Waals surface area contributed by atoms with E-state index in [0.717, 1.165) is 15.8 Å². The maximum atomic E-state index is 11.7. The molecular formula is C13H16N4O3S. The number of thiophene rings is 1. The van der Waals surface area contributed by atoms with Crippen LogP contribution in [-0.2, 0) is 9.53 Å². The number of aryl methyl sites for hydroxylation is 1. The largest absolute Gasteiger partial charge is 0.465 e. The van der Waals surface area contributed by atoms with Crippen LogP contribution < -0.4 is 10.6 Å². The van der Waals surface area contributed by atoms with Gasteiger partial charge in [-0.15, -0.1) is 11.3 Å². The van der Waals surface area contributed by atoms with E-state index in [-0.39, 0.29) is 11.9 Å². The van der Waals surface area contributed by atoms with Crippen molar-refractivity contribution in [3.05, 3.63) is 16.8 Å². The standard InChI is InChI=1S/C13H16N4O3S/c1-7-9-11(15-5-4-14-8(2)18)16-6-17-12(9)21-10(7)13(19)20-3/h6H,4-5H2,1-3H3,(H,14,18)(H,15,16,17). The monoisotopic (exact) mass is 308 g/mol. The fraction of sp³-hybridized carbons (Fsp3) is 0.385. The lowest BCUT2D eigenvalue weighted by Gasteiger charge is -2.07. The second-order valence-electron chi connectivity index (χ2n) is 4.36. The van der Waals surface area contributed by atoms with Crippen LogP contribution in [0.3, 0.4) is 0 Å². The number of carbonyl (C=O) groups excluding carboxylic acids is 2. The molecule has 0 aliphatic rings. The van der Waals surface area contributed by atoms with E-state index in [1.165, 1.54) is 31.7 Å². The fourth-order valence-corrected chi connectivity index (χ4v) is 2.98. The molecule has 0 aromatic carbocycles. The highest BCUT2D eigenvalue weighted by Gasteiger charge is 2.19. The molecule has 0 aliphatic carbocycles. The summed E-state index contributed by atoms with van der Waals surface area (Å²) in [6.45, 7) is 4.34. The third-order valence-electron chi connectivity index (χ3n) is 2.89. The van der Waals surface area contributed by atoms with E-state index >= 15 is 0 Å². The zero-order chi connectivity index (χ0) is 15.4. The molecule has 112 valence electrons. The molecule has 0 bridgehead atoms. The van der Waals surface area contributed by atoms with Gasteiger partial charge in [0.25, 0.3) is 0 Å². The van der Waals surface area contributed by atoms with Gasteiger partial charge in [-0.2, -0.15) is 0 Å². The summed E-state index contributed by atoms with van der Waals surface area (Å²) in [7, 11) is 1.35. The molecule has 0 spiro atoms. The maximum Gasteiger partial charge on any atom is 0.348 e. The number of hydrogen-bond donors (Lipinski definition) is 2. The van der Waals surface area contributed by atoms with Gasteiger partial charge in [0.2, 0.25) is 5.91 Å². The first kappa shape index (κ1) is 15.2. The second-order valence-corrected chi connectivity index (χ2v) is 5.36. The van der Waals surface area contributed by atoms with Gasteiger partial charge in [0, 0.05) is 20.0 Å². The van der Waals surface area contributed by atoms with E-state index in [0.29, 0.717) is 23.8 Å². The predicted molar refractivity (Wildman–Crippen MR) is 80.7 cm³/mol. The van der Waals surface area contributed by atoms with E-state index in [1.807, 2.05) is 6.92 Å². The number of methoxy groups -OCH3 is 1. The van der Waals surface area contributed by atoms with E-state index in [2.05, 4.69) is 20.6 Å². The summed E-state index contributed by atoms with van der Waals surface area (Å²) in [4.78, 5) is 32.2. The maximum absolute atomic E-state index is 11.7. The normalized spacial score (nSPS) is 10.4. The Balaban J connectivity index is 2.26. The molecule has 0 radical (unpaired) electrons. The second kappa shape index (κ2) is 6.49. The lowest BCUT2D eigenvalue weighted by Crippen LogP contribution is -2.26. The molecule has 21 heavy (non-hydrogen) atoms. The number of ether oxygens (including phenoxy) is 1. The van der Waals surface area contributed by atoms with Crippen LogP contribution in [0.5, 0.6) is 0 Å². The highest BCUT2D eigenvalue weighted by atomic mass is 32.1. The van der Waals surface area contributed by atoms with Gasteiger partial charge in [0.05, 0.1) is 12.5 Å². The number of esters is 1. The molecule has 7 nitrogen and oxygen atoms in total. The number of nitrogens with one attached hydrogen (secondary N) is 2. The zero-order valence-electron chi connectivity index (χ0n) is 12.0. The van der Waals surface area contributed by atoms with Crippen LogP contribution in [0.2, 0.25) is 0 Å². The Morgan fingerprint density at radius 1 is 1.33 bits per heavy atom. The molecular weight excluding hydrogens is 292 g/mol. The van der Waals surface area contributed by atoms with Crippen LogP contribution in [0.1, 0.15) is 22.2 Å². The number of anilines is 1. The summed E-state index contributed by atoms with van der Waals surface area (Å²) in [5.41, 5.74) is 0.796. The van der Waals surface area contributed by atoms with Gasteiger partial charge in [-0.3, -0.25) is 4.79 Å². The van der Waals surface area contributed by atoms with Gasteiger partial charge >= 0.3 is 5.97 Å². The molecule has 0 atom stereocenters. The van der Waals surface area contributed by atoms with Gasteiger partial charge in [-0.1, -0.05) is 0 Å². The van der Waals surface area contributed by atoms with Gasteiger partial charge in [-0.25, -0.2) is 14.8 Å². The molecule has 0 unspecified atom stereocenters. The number of aromatic nitrogens is 2. The molecule has 2 rings (SSSR count). The summed E-state index contributed by atoms with van der Waals surface area (Å²) >= 11 is 1.28. The van der Waals surface area contributed by atoms with Crippen molar-refractivity contribution >= 4 is 39.2 Å². The Bertz CT molecular complexity index is 683. The Labute approximate surface area is 125 Å². The SMILES string of the molecule is COC(=O)c1sc2ncnc(NCCNC(C)=O)c2c1C.